The van der Waals surface area contributed by atoms with Gasteiger partial charge in [-0.15, -0.1) is 0 Å². The molecule has 3 aromatic rings. The summed E-state index contributed by atoms with van der Waals surface area (Å²) in [5.41, 5.74) is 5.58. The number of halogens is 3. The number of alkyl halides is 3. The topological polar surface area (TPSA) is 61.4 Å². The van der Waals surface area contributed by atoms with Crippen LogP contribution in [0.5, 0.6) is 0 Å². The van der Waals surface area contributed by atoms with Crippen LogP contribution in [0.1, 0.15) is 59.2 Å². The number of aryl methyl sites for hydroxylation is 2. The molecule has 0 unspecified atom stereocenters. The molecule has 1 heterocycles. The Labute approximate surface area is 246 Å². The first kappa shape index (κ1) is 31.3. The Hall–Kier alpha value is -3.65. The molecule has 224 valence electrons. The summed E-state index contributed by atoms with van der Waals surface area (Å²) in [5, 5.41) is 5.16. The van der Waals surface area contributed by atoms with Crippen LogP contribution in [0.15, 0.2) is 72.8 Å². The van der Waals surface area contributed by atoms with Gasteiger partial charge in [-0.05, 0) is 80.0 Å². The molecule has 0 saturated carbocycles. The molecule has 2 amide bonds. The van der Waals surface area contributed by atoms with Crippen molar-refractivity contribution in [3.63, 3.8) is 0 Å². The fourth-order valence-corrected chi connectivity index (χ4v) is 5.56. The van der Waals surface area contributed by atoms with Crippen LogP contribution in [-0.4, -0.2) is 55.1 Å². The number of likely N-dealkylation sites (tertiary alicyclic amines) is 1. The first-order valence-electron chi connectivity index (χ1n) is 14.8. The van der Waals surface area contributed by atoms with Crippen LogP contribution >= 0.6 is 0 Å². The predicted octanol–water partition coefficient (Wildman–Crippen LogP) is 6.49. The summed E-state index contributed by atoms with van der Waals surface area (Å²) in [7, 11) is 0. The number of hydrogen-bond donors (Lipinski definition) is 2. The molecule has 0 bridgehead atoms. The van der Waals surface area contributed by atoms with Gasteiger partial charge in [0.1, 0.15) is 6.54 Å². The van der Waals surface area contributed by atoms with Gasteiger partial charge >= 0.3 is 6.18 Å². The molecule has 0 aromatic heterocycles. The third kappa shape index (κ3) is 9.72. The van der Waals surface area contributed by atoms with Crippen LogP contribution in [0.25, 0.3) is 11.1 Å². The van der Waals surface area contributed by atoms with E-state index in [2.05, 4.69) is 16.3 Å². The van der Waals surface area contributed by atoms with E-state index >= 15 is 0 Å². The van der Waals surface area contributed by atoms with Crippen molar-refractivity contribution < 1.29 is 22.8 Å². The molecule has 8 heteroatoms. The van der Waals surface area contributed by atoms with Crippen molar-refractivity contribution in [3.05, 3.63) is 95.1 Å². The van der Waals surface area contributed by atoms with Crippen LogP contribution in [0.2, 0.25) is 0 Å². The van der Waals surface area contributed by atoms with Crippen LogP contribution in [-0.2, 0) is 17.6 Å². The van der Waals surface area contributed by atoms with Crippen molar-refractivity contribution in [2.24, 2.45) is 0 Å². The van der Waals surface area contributed by atoms with E-state index in [1.54, 1.807) is 12.1 Å². The molecule has 2 N–H and O–H groups in total. The van der Waals surface area contributed by atoms with Crippen LogP contribution in [0.4, 0.5) is 13.2 Å². The minimum atomic E-state index is -4.43. The largest absolute Gasteiger partial charge is 0.405 e. The van der Waals surface area contributed by atoms with Gasteiger partial charge in [-0.1, -0.05) is 72.6 Å². The summed E-state index contributed by atoms with van der Waals surface area (Å²) >= 11 is 0. The quantitative estimate of drug-likeness (QED) is 0.241. The van der Waals surface area contributed by atoms with E-state index in [0.717, 1.165) is 74.8 Å². The highest BCUT2D eigenvalue weighted by Crippen LogP contribution is 2.29. The van der Waals surface area contributed by atoms with Gasteiger partial charge in [-0.25, -0.2) is 0 Å². The molecular weight excluding hydrogens is 539 g/mol. The maximum Gasteiger partial charge on any atom is 0.405 e. The van der Waals surface area contributed by atoms with Crippen molar-refractivity contribution in [3.8, 4) is 11.1 Å². The summed E-state index contributed by atoms with van der Waals surface area (Å²) in [4.78, 5) is 27.2. The second kappa shape index (κ2) is 15.0. The highest BCUT2D eigenvalue weighted by Gasteiger charge is 2.28. The highest BCUT2D eigenvalue weighted by atomic mass is 19.4. The van der Waals surface area contributed by atoms with Gasteiger partial charge in [-0.2, -0.15) is 13.2 Å². The Morgan fingerprint density at radius 2 is 1.52 bits per heavy atom. The fraction of sp³-hybridized carbons (Fsp3) is 0.412. The summed E-state index contributed by atoms with van der Waals surface area (Å²) in [6.45, 7) is 3.66. The lowest BCUT2D eigenvalue weighted by Crippen LogP contribution is -2.44. The lowest BCUT2D eigenvalue weighted by atomic mass is 9.91. The van der Waals surface area contributed by atoms with E-state index < -0.39 is 18.6 Å². The maximum atomic E-state index is 12.6. The van der Waals surface area contributed by atoms with E-state index in [9.17, 15) is 22.8 Å². The van der Waals surface area contributed by atoms with E-state index in [0.29, 0.717) is 11.1 Å². The van der Waals surface area contributed by atoms with Gasteiger partial charge < -0.3 is 15.5 Å². The number of amides is 2. The van der Waals surface area contributed by atoms with Gasteiger partial charge in [0.15, 0.2) is 0 Å². The zero-order chi connectivity index (χ0) is 30.0. The molecule has 5 nitrogen and oxygen atoms in total. The van der Waals surface area contributed by atoms with Gasteiger partial charge in [0.05, 0.1) is 6.42 Å². The lowest BCUT2D eigenvalue weighted by Gasteiger charge is -2.32. The van der Waals surface area contributed by atoms with Gasteiger partial charge in [0, 0.05) is 24.7 Å². The molecule has 1 aliphatic rings. The highest BCUT2D eigenvalue weighted by molar-refractivity contribution is 5.94. The number of unbranched alkanes of at least 4 members (excludes halogenated alkanes) is 2. The monoisotopic (exact) mass is 579 g/mol. The lowest BCUT2D eigenvalue weighted by molar-refractivity contribution is -0.138. The smallest absolute Gasteiger partial charge is 0.349 e. The summed E-state index contributed by atoms with van der Waals surface area (Å²) < 4.78 is 37.6. The van der Waals surface area contributed by atoms with Crippen LogP contribution < -0.4 is 10.6 Å². The number of piperidine rings is 1. The molecule has 0 atom stereocenters. The Balaban J connectivity index is 1.21. The standard InChI is InChI=1S/C34H40F3N3O2/c1-25-10-9-14-28(22-25)33(42)39-29-17-20-40(21-18-29)19-8-2-3-11-26-12-4-6-15-30(26)31-16-7-5-13-27(31)23-32(41)38-24-34(35,36)37/h4-7,9-10,12-16,22,29H,2-3,8,11,17-21,23-24H2,1H3,(H,38,41)(H,39,42). The van der Waals surface area contributed by atoms with E-state index in [-0.39, 0.29) is 18.4 Å². The Morgan fingerprint density at radius 3 is 2.21 bits per heavy atom. The molecule has 0 aliphatic carbocycles. The zero-order valence-corrected chi connectivity index (χ0v) is 24.2. The molecule has 42 heavy (non-hydrogen) atoms. The van der Waals surface area contributed by atoms with Crippen molar-refractivity contribution in [1.29, 1.82) is 0 Å². The fourth-order valence-electron chi connectivity index (χ4n) is 5.56. The van der Waals surface area contributed by atoms with Gasteiger partial charge in [0.2, 0.25) is 5.91 Å². The zero-order valence-electron chi connectivity index (χ0n) is 24.2. The summed E-state index contributed by atoms with van der Waals surface area (Å²) in [6, 6.07) is 23.4. The molecular formula is C34H40F3N3O2. The summed E-state index contributed by atoms with van der Waals surface area (Å²) in [6.07, 6.45) is 1.46. The molecule has 3 aromatic carbocycles. The number of carbonyl (C=O) groups excluding carboxylic acids is 2. The summed E-state index contributed by atoms with van der Waals surface area (Å²) in [5.74, 6) is -0.639. The first-order chi connectivity index (χ1) is 20.2. The average molecular weight is 580 g/mol. The molecule has 1 aliphatic heterocycles. The maximum absolute atomic E-state index is 12.6. The molecule has 4 rings (SSSR count). The van der Waals surface area contributed by atoms with Crippen LogP contribution in [0.3, 0.4) is 0 Å². The normalized spacial score (nSPS) is 14.5. The number of rotatable bonds is 12. The van der Waals surface area contributed by atoms with Gasteiger partial charge in [0.25, 0.3) is 5.91 Å². The van der Waals surface area contributed by atoms with Crippen molar-refractivity contribution >= 4 is 11.8 Å². The number of hydrogen-bond acceptors (Lipinski definition) is 3. The SMILES string of the molecule is Cc1cccc(C(=O)NC2CCN(CCCCCc3ccccc3-c3ccccc3CC(=O)NCC(F)(F)F)CC2)c1. The van der Waals surface area contributed by atoms with Crippen molar-refractivity contribution in [1.82, 2.24) is 15.5 Å². The first-order valence-corrected chi connectivity index (χ1v) is 14.8. The Kier molecular flexibility index (Phi) is 11.2. The molecule has 0 radical (unpaired) electrons. The van der Waals surface area contributed by atoms with E-state index in [4.69, 9.17) is 0 Å². The Bertz CT molecular complexity index is 1330. The molecule has 1 saturated heterocycles. The van der Waals surface area contributed by atoms with E-state index in [1.807, 2.05) is 66.8 Å². The average Bonchev–Trinajstić information content (AvgIpc) is 2.97. The number of benzene rings is 3. The number of carbonyl (C=O) groups is 2. The minimum absolute atomic E-state index is 0.00442. The predicted molar refractivity (Wildman–Crippen MR) is 160 cm³/mol. The molecule has 0 spiro atoms. The molecule has 1 fully saturated rings. The number of nitrogens with one attached hydrogen (secondary N) is 2. The van der Waals surface area contributed by atoms with Crippen molar-refractivity contribution in [2.45, 2.75) is 64.1 Å². The third-order valence-electron chi connectivity index (χ3n) is 7.79. The minimum Gasteiger partial charge on any atom is -0.349 e. The third-order valence-corrected chi connectivity index (χ3v) is 7.79. The van der Waals surface area contributed by atoms with Crippen molar-refractivity contribution in [2.75, 3.05) is 26.2 Å². The van der Waals surface area contributed by atoms with Gasteiger partial charge in [-0.3, -0.25) is 9.59 Å². The number of nitrogens with zero attached hydrogens (tertiary/aromatic N) is 1. The van der Waals surface area contributed by atoms with E-state index in [1.165, 1.54) is 5.56 Å². The second-order valence-corrected chi connectivity index (χ2v) is 11.2. The van der Waals surface area contributed by atoms with Crippen LogP contribution in [0, 0.1) is 6.92 Å². The second-order valence-electron chi connectivity index (χ2n) is 11.2. The Morgan fingerprint density at radius 1 is 0.857 bits per heavy atom.